The van der Waals surface area contributed by atoms with Crippen LogP contribution in [0, 0.1) is 22.0 Å². The number of hydrogen-bond donors (Lipinski definition) is 1. The first kappa shape index (κ1) is 12.8. The van der Waals surface area contributed by atoms with Gasteiger partial charge in [0.05, 0.1) is 22.7 Å². The second-order valence-corrected chi connectivity index (χ2v) is 5.16. The van der Waals surface area contributed by atoms with E-state index in [1.165, 1.54) is 0 Å². The highest BCUT2D eigenvalue weighted by atomic mass is 32.1. The summed E-state index contributed by atoms with van der Waals surface area (Å²) in [5.74, 6) is 0.543. The lowest BCUT2D eigenvalue weighted by Crippen LogP contribution is -2.13. The van der Waals surface area contributed by atoms with Crippen molar-refractivity contribution in [2.75, 3.05) is 0 Å². The van der Waals surface area contributed by atoms with Gasteiger partial charge in [-0.15, -0.1) is 0 Å². The van der Waals surface area contributed by atoms with E-state index in [1.54, 1.807) is 0 Å². The number of imidazole rings is 1. The van der Waals surface area contributed by atoms with Crippen LogP contribution in [0.1, 0.15) is 38.8 Å². The van der Waals surface area contributed by atoms with Crippen molar-refractivity contribution in [3.05, 3.63) is 28.5 Å². The van der Waals surface area contributed by atoms with Crippen LogP contribution in [0.3, 0.4) is 0 Å². The molecule has 1 N–H and O–H groups in total. The minimum atomic E-state index is 0.324. The third kappa shape index (κ3) is 2.06. The lowest BCUT2D eigenvalue weighted by molar-refractivity contribution is 0.374. The fourth-order valence-electron chi connectivity index (χ4n) is 2.19. The maximum atomic E-state index is 8.99. The number of aromatic amines is 1. The normalized spacial score (nSPS) is 14.3. The highest BCUT2D eigenvalue weighted by Gasteiger charge is 2.16. The van der Waals surface area contributed by atoms with Crippen LogP contribution in [0.5, 0.6) is 0 Å². The van der Waals surface area contributed by atoms with Gasteiger partial charge in [0.15, 0.2) is 4.77 Å². The molecule has 0 amide bonds. The van der Waals surface area contributed by atoms with E-state index >= 15 is 0 Å². The SMILES string of the molecule is CCC(C)C(C)n1c(=S)[nH]c2ccc(C#N)cc21. The van der Waals surface area contributed by atoms with Crippen molar-refractivity contribution in [2.45, 2.75) is 33.2 Å². The zero-order valence-electron chi connectivity index (χ0n) is 10.9. The van der Waals surface area contributed by atoms with Gasteiger partial charge in [-0.05, 0) is 43.3 Å². The van der Waals surface area contributed by atoms with Gasteiger partial charge in [-0.2, -0.15) is 5.26 Å². The van der Waals surface area contributed by atoms with Gasteiger partial charge < -0.3 is 9.55 Å². The van der Waals surface area contributed by atoms with Crippen molar-refractivity contribution in [1.29, 1.82) is 5.26 Å². The summed E-state index contributed by atoms with van der Waals surface area (Å²) in [6.45, 7) is 6.58. The molecule has 94 valence electrons. The summed E-state index contributed by atoms with van der Waals surface area (Å²) >= 11 is 5.40. The van der Waals surface area contributed by atoms with Gasteiger partial charge in [-0.3, -0.25) is 0 Å². The third-order valence-corrected chi connectivity index (χ3v) is 4.02. The van der Waals surface area contributed by atoms with Gasteiger partial charge in [0.25, 0.3) is 0 Å². The van der Waals surface area contributed by atoms with Crippen LogP contribution in [-0.2, 0) is 0 Å². The Kier molecular flexibility index (Phi) is 3.53. The Morgan fingerprint density at radius 1 is 1.44 bits per heavy atom. The summed E-state index contributed by atoms with van der Waals surface area (Å²) < 4.78 is 2.85. The molecule has 1 aromatic carbocycles. The number of aromatic nitrogens is 2. The summed E-state index contributed by atoms with van der Waals surface area (Å²) in [7, 11) is 0. The number of H-pyrrole nitrogens is 1. The average Bonchev–Trinajstić information content (AvgIpc) is 2.71. The van der Waals surface area contributed by atoms with Crippen molar-refractivity contribution in [2.24, 2.45) is 5.92 Å². The Hall–Kier alpha value is -1.60. The van der Waals surface area contributed by atoms with Gasteiger partial charge in [-0.1, -0.05) is 20.3 Å². The van der Waals surface area contributed by atoms with Crippen molar-refractivity contribution in [1.82, 2.24) is 9.55 Å². The van der Waals surface area contributed by atoms with Gasteiger partial charge in [-0.25, -0.2) is 0 Å². The quantitative estimate of drug-likeness (QED) is 0.840. The van der Waals surface area contributed by atoms with Crippen LogP contribution in [0.4, 0.5) is 0 Å². The molecule has 4 heteroatoms. The molecule has 0 saturated carbocycles. The second-order valence-electron chi connectivity index (χ2n) is 4.77. The summed E-state index contributed by atoms with van der Waals surface area (Å²) in [6, 6.07) is 8.14. The maximum Gasteiger partial charge on any atom is 0.178 e. The van der Waals surface area contributed by atoms with E-state index < -0.39 is 0 Å². The number of benzene rings is 1. The number of nitrogens with one attached hydrogen (secondary N) is 1. The predicted molar refractivity (Wildman–Crippen MR) is 76.0 cm³/mol. The molecular formula is C14H17N3S. The van der Waals surface area contributed by atoms with E-state index in [1.807, 2.05) is 18.2 Å². The predicted octanol–water partition coefficient (Wildman–Crippen LogP) is 4.18. The summed E-state index contributed by atoms with van der Waals surface area (Å²) in [6.07, 6.45) is 1.10. The molecule has 0 aliphatic rings. The van der Waals surface area contributed by atoms with E-state index in [-0.39, 0.29) is 0 Å². The van der Waals surface area contributed by atoms with Crippen LogP contribution in [-0.4, -0.2) is 9.55 Å². The summed E-state index contributed by atoms with van der Waals surface area (Å²) in [4.78, 5) is 3.21. The molecule has 3 nitrogen and oxygen atoms in total. The van der Waals surface area contributed by atoms with Crippen molar-refractivity contribution in [3.63, 3.8) is 0 Å². The molecule has 0 saturated heterocycles. The van der Waals surface area contributed by atoms with Crippen molar-refractivity contribution >= 4 is 23.3 Å². The Bertz CT molecular complexity index is 660. The molecule has 1 heterocycles. The Labute approximate surface area is 112 Å². The first-order valence-corrected chi connectivity index (χ1v) is 6.63. The number of fused-ring (bicyclic) bond motifs is 1. The van der Waals surface area contributed by atoms with Crippen molar-refractivity contribution < 1.29 is 0 Å². The minimum absolute atomic E-state index is 0.324. The molecule has 2 unspecified atom stereocenters. The van der Waals surface area contributed by atoms with Crippen LogP contribution >= 0.6 is 12.2 Å². The summed E-state index contributed by atoms with van der Waals surface area (Å²) in [5, 5.41) is 8.99. The van der Waals surface area contributed by atoms with Crippen LogP contribution < -0.4 is 0 Å². The van der Waals surface area contributed by atoms with Gasteiger partial charge >= 0.3 is 0 Å². The molecule has 1 aromatic heterocycles. The number of hydrogen-bond acceptors (Lipinski definition) is 2. The van der Waals surface area contributed by atoms with Gasteiger partial charge in [0, 0.05) is 6.04 Å². The van der Waals surface area contributed by atoms with Crippen molar-refractivity contribution in [3.8, 4) is 6.07 Å². The van der Waals surface area contributed by atoms with E-state index in [0.717, 1.165) is 22.2 Å². The van der Waals surface area contributed by atoms with E-state index in [4.69, 9.17) is 17.5 Å². The second kappa shape index (κ2) is 4.95. The largest absolute Gasteiger partial charge is 0.331 e. The molecule has 0 fully saturated rings. The highest BCUT2D eigenvalue weighted by Crippen LogP contribution is 2.26. The molecule has 2 atom stereocenters. The first-order valence-electron chi connectivity index (χ1n) is 6.22. The minimum Gasteiger partial charge on any atom is -0.331 e. The molecule has 2 rings (SSSR count). The smallest absolute Gasteiger partial charge is 0.178 e. The molecule has 0 spiro atoms. The van der Waals surface area contributed by atoms with Crippen LogP contribution in [0.25, 0.3) is 11.0 Å². The lowest BCUT2D eigenvalue weighted by atomic mass is 10.0. The monoisotopic (exact) mass is 259 g/mol. The topological polar surface area (TPSA) is 44.5 Å². The van der Waals surface area contributed by atoms with Gasteiger partial charge in [0.1, 0.15) is 0 Å². The lowest BCUT2D eigenvalue weighted by Gasteiger charge is -2.20. The van der Waals surface area contributed by atoms with Crippen LogP contribution in [0.15, 0.2) is 18.2 Å². The molecule has 0 aliphatic heterocycles. The van der Waals surface area contributed by atoms with E-state index in [0.29, 0.717) is 17.5 Å². The Morgan fingerprint density at radius 3 is 2.78 bits per heavy atom. The maximum absolute atomic E-state index is 8.99. The Morgan fingerprint density at radius 2 is 2.17 bits per heavy atom. The zero-order chi connectivity index (χ0) is 13.3. The third-order valence-electron chi connectivity index (χ3n) is 3.72. The number of rotatable bonds is 3. The van der Waals surface area contributed by atoms with Crippen LogP contribution in [0.2, 0.25) is 0 Å². The average molecular weight is 259 g/mol. The number of nitriles is 1. The Balaban J connectivity index is 2.66. The molecule has 0 bridgehead atoms. The first-order chi connectivity index (χ1) is 8.58. The molecule has 0 radical (unpaired) electrons. The fraction of sp³-hybridized carbons (Fsp3) is 0.429. The van der Waals surface area contributed by atoms with E-state index in [2.05, 4.69) is 36.4 Å². The highest BCUT2D eigenvalue weighted by molar-refractivity contribution is 7.71. The molecule has 18 heavy (non-hydrogen) atoms. The fourth-order valence-corrected chi connectivity index (χ4v) is 2.57. The zero-order valence-corrected chi connectivity index (χ0v) is 11.7. The molecule has 0 aliphatic carbocycles. The summed E-state index contributed by atoms with van der Waals surface area (Å²) in [5.41, 5.74) is 2.68. The molecular weight excluding hydrogens is 242 g/mol. The molecule has 2 aromatic rings. The van der Waals surface area contributed by atoms with E-state index in [9.17, 15) is 0 Å². The van der Waals surface area contributed by atoms with Gasteiger partial charge in [0.2, 0.25) is 0 Å². The number of nitrogens with zero attached hydrogens (tertiary/aromatic N) is 2. The standard InChI is InChI=1S/C14H17N3S/c1-4-9(2)10(3)17-13-7-11(8-15)5-6-12(13)16-14(17)18/h5-7,9-10H,4H2,1-3H3,(H,16,18).